The molecule has 6 nitrogen and oxygen atoms in total. The summed E-state index contributed by atoms with van der Waals surface area (Å²) in [6, 6.07) is 0. The molecule has 1 unspecified atom stereocenters. The summed E-state index contributed by atoms with van der Waals surface area (Å²) in [6.45, 7) is 3.01. The highest BCUT2D eigenvalue weighted by atomic mass is 32.2. The highest BCUT2D eigenvalue weighted by molar-refractivity contribution is 7.99. The number of carbonyl (C=O) groups is 1. The van der Waals surface area contributed by atoms with Crippen LogP contribution in [0.4, 0.5) is 0 Å². The summed E-state index contributed by atoms with van der Waals surface area (Å²) >= 11 is 1.31. The first-order valence-electron chi connectivity index (χ1n) is 5.62. The van der Waals surface area contributed by atoms with Crippen molar-refractivity contribution in [3.63, 3.8) is 0 Å². The SMILES string of the molecule is Cc1[nH]c(=O)nc(SCC2CCOC2)c1C(=O)O. The fraction of sp³-hybridized carbons (Fsp3) is 0.545. The largest absolute Gasteiger partial charge is 0.478 e. The number of thioether (sulfide) groups is 1. The molecule has 1 fully saturated rings. The van der Waals surface area contributed by atoms with Gasteiger partial charge in [-0.2, -0.15) is 4.98 Å². The van der Waals surface area contributed by atoms with Crippen LogP contribution in [0.15, 0.2) is 9.82 Å². The zero-order valence-corrected chi connectivity index (χ0v) is 10.7. The van der Waals surface area contributed by atoms with Gasteiger partial charge in [-0.15, -0.1) is 11.8 Å². The number of aromatic amines is 1. The number of carboxylic acids is 1. The molecule has 0 radical (unpaired) electrons. The van der Waals surface area contributed by atoms with Crippen LogP contribution in [0.5, 0.6) is 0 Å². The quantitative estimate of drug-likeness (QED) is 0.624. The highest BCUT2D eigenvalue weighted by Gasteiger charge is 2.20. The third-order valence-corrected chi connectivity index (χ3v) is 3.99. The molecule has 7 heteroatoms. The van der Waals surface area contributed by atoms with E-state index in [1.165, 1.54) is 11.8 Å². The van der Waals surface area contributed by atoms with E-state index < -0.39 is 11.7 Å². The van der Waals surface area contributed by atoms with Crippen LogP contribution >= 0.6 is 11.8 Å². The number of H-pyrrole nitrogens is 1. The van der Waals surface area contributed by atoms with Crippen molar-refractivity contribution in [2.45, 2.75) is 18.4 Å². The lowest BCUT2D eigenvalue weighted by molar-refractivity contribution is 0.0690. The van der Waals surface area contributed by atoms with Gasteiger partial charge in [0.15, 0.2) is 0 Å². The van der Waals surface area contributed by atoms with Crippen LogP contribution in [0.2, 0.25) is 0 Å². The number of aromatic carboxylic acids is 1. The Bertz CT molecular complexity index is 508. The zero-order valence-electron chi connectivity index (χ0n) is 9.93. The topological polar surface area (TPSA) is 92.3 Å². The first-order chi connectivity index (χ1) is 8.58. The molecule has 98 valence electrons. The molecule has 1 aromatic heterocycles. The fourth-order valence-corrected chi connectivity index (χ4v) is 3.02. The van der Waals surface area contributed by atoms with E-state index >= 15 is 0 Å². The lowest BCUT2D eigenvalue weighted by Gasteiger charge is -2.09. The number of nitrogens with one attached hydrogen (secondary N) is 1. The van der Waals surface area contributed by atoms with Crippen LogP contribution in [-0.2, 0) is 4.74 Å². The lowest BCUT2D eigenvalue weighted by Crippen LogP contribution is -2.18. The molecular formula is C11H14N2O4S. The first kappa shape index (κ1) is 13.1. The molecule has 0 saturated carbocycles. The van der Waals surface area contributed by atoms with Crippen molar-refractivity contribution in [1.29, 1.82) is 0 Å². The van der Waals surface area contributed by atoms with Crippen molar-refractivity contribution in [2.75, 3.05) is 19.0 Å². The Morgan fingerprint density at radius 1 is 1.67 bits per heavy atom. The third-order valence-electron chi connectivity index (χ3n) is 2.78. The maximum absolute atomic E-state index is 11.3. The monoisotopic (exact) mass is 270 g/mol. The summed E-state index contributed by atoms with van der Waals surface area (Å²) in [4.78, 5) is 28.6. The number of rotatable bonds is 4. The lowest BCUT2D eigenvalue weighted by atomic mass is 10.2. The average Bonchev–Trinajstić information content (AvgIpc) is 2.77. The molecule has 0 aromatic carbocycles. The Balaban J connectivity index is 2.19. The molecule has 1 aliphatic rings. The highest BCUT2D eigenvalue weighted by Crippen LogP contribution is 2.26. The normalized spacial score (nSPS) is 19.1. The predicted octanol–water partition coefficient (Wildman–Crippen LogP) is 0.905. The molecule has 18 heavy (non-hydrogen) atoms. The molecule has 1 aromatic rings. The molecule has 0 spiro atoms. The predicted molar refractivity (Wildman–Crippen MR) is 66.2 cm³/mol. The minimum atomic E-state index is -1.07. The van der Waals surface area contributed by atoms with Gasteiger partial charge in [0.25, 0.3) is 0 Å². The second kappa shape index (κ2) is 5.53. The van der Waals surface area contributed by atoms with Gasteiger partial charge in [-0.3, -0.25) is 0 Å². The smallest absolute Gasteiger partial charge is 0.346 e. The van der Waals surface area contributed by atoms with Crippen molar-refractivity contribution in [3.8, 4) is 0 Å². The molecule has 2 N–H and O–H groups in total. The number of aryl methyl sites for hydroxylation is 1. The van der Waals surface area contributed by atoms with Crippen LogP contribution in [-0.4, -0.2) is 40.0 Å². The Morgan fingerprint density at radius 3 is 3.06 bits per heavy atom. The van der Waals surface area contributed by atoms with Gasteiger partial charge in [0.05, 0.1) is 6.61 Å². The summed E-state index contributed by atoms with van der Waals surface area (Å²) in [5.41, 5.74) is -0.0890. The van der Waals surface area contributed by atoms with Crippen molar-refractivity contribution in [2.24, 2.45) is 5.92 Å². The second-order valence-corrected chi connectivity index (χ2v) is 5.20. The van der Waals surface area contributed by atoms with Crippen LogP contribution in [0.3, 0.4) is 0 Å². The fourth-order valence-electron chi connectivity index (χ4n) is 1.83. The number of aromatic nitrogens is 2. The maximum atomic E-state index is 11.3. The van der Waals surface area contributed by atoms with E-state index in [9.17, 15) is 9.59 Å². The maximum Gasteiger partial charge on any atom is 0.346 e. The van der Waals surface area contributed by atoms with Crippen molar-refractivity contribution >= 4 is 17.7 Å². The van der Waals surface area contributed by atoms with Gasteiger partial charge in [0, 0.05) is 18.1 Å². The van der Waals surface area contributed by atoms with Gasteiger partial charge in [-0.1, -0.05) is 0 Å². The zero-order chi connectivity index (χ0) is 13.1. The molecule has 1 aliphatic heterocycles. The van der Waals surface area contributed by atoms with Gasteiger partial charge in [-0.05, 0) is 19.3 Å². The van der Waals surface area contributed by atoms with Gasteiger partial charge in [0.2, 0.25) is 0 Å². The minimum absolute atomic E-state index is 0.0820. The minimum Gasteiger partial charge on any atom is -0.478 e. The Labute approximate surface area is 108 Å². The second-order valence-electron chi connectivity index (χ2n) is 4.19. The Hall–Kier alpha value is -1.34. The van der Waals surface area contributed by atoms with Gasteiger partial charge >= 0.3 is 11.7 Å². The molecular weight excluding hydrogens is 256 g/mol. The van der Waals surface area contributed by atoms with Crippen LogP contribution in [0.1, 0.15) is 22.5 Å². The molecule has 0 aliphatic carbocycles. The summed E-state index contributed by atoms with van der Waals surface area (Å²) in [7, 11) is 0. The number of hydrogen-bond acceptors (Lipinski definition) is 5. The summed E-state index contributed by atoms with van der Waals surface area (Å²) in [5.74, 6) is 0.0513. The van der Waals surface area contributed by atoms with Gasteiger partial charge in [-0.25, -0.2) is 9.59 Å². The van der Waals surface area contributed by atoms with Crippen LogP contribution < -0.4 is 5.69 Å². The standard InChI is InChI=1S/C11H14N2O4S/c1-6-8(10(14)15)9(13-11(16)12-6)18-5-7-2-3-17-4-7/h7H,2-5H2,1H3,(H,14,15)(H,12,13,16). The number of ether oxygens (including phenoxy) is 1. The van der Waals surface area contributed by atoms with E-state index in [1.54, 1.807) is 6.92 Å². The van der Waals surface area contributed by atoms with Crippen molar-refractivity contribution in [3.05, 3.63) is 21.7 Å². The van der Waals surface area contributed by atoms with E-state index in [0.29, 0.717) is 18.2 Å². The van der Waals surface area contributed by atoms with Crippen molar-refractivity contribution < 1.29 is 14.6 Å². The van der Waals surface area contributed by atoms with E-state index in [1.807, 2.05) is 0 Å². The summed E-state index contributed by atoms with van der Waals surface area (Å²) in [6.07, 6.45) is 0.970. The van der Waals surface area contributed by atoms with Crippen LogP contribution in [0, 0.1) is 12.8 Å². The number of nitrogens with zero attached hydrogens (tertiary/aromatic N) is 1. The molecule has 2 heterocycles. The Morgan fingerprint density at radius 2 is 2.44 bits per heavy atom. The molecule has 0 amide bonds. The molecule has 1 saturated heterocycles. The first-order valence-corrected chi connectivity index (χ1v) is 6.61. The van der Waals surface area contributed by atoms with E-state index in [4.69, 9.17) is 9.84 Å². The Kier molecular flexibility index (Phi) is 4.03. The molecule has 2 rings (SSSR count). The summed E-state index contributed by atoms with van der Waals surface area (Å²) < 4.78 is 5.25. The molecule has 0 bridgehead atoms. The van der Waals surface area contributed by atoms with Crippen LogP contribution in [0.25, 0.3) is 0 Å². The summed E-state index contributed by atoms with van der Waals surface area (Å²) in [5, 5.41) is 9.42. The average molecular weight is 270 g/mol. The van der Waals surface area contributed by atoms with Gasteiger partial charge < -0.3 is 14.8 Å². The third kappa shape index (κ3) is 2.91. The molecule has 1 atom stereocenters. The van der Waals surface area contributed by atoms with E-state index in [2.05, 4.69) is 9.97 Å². The van der Waals surface area contributed by atoms with E-state index in [0.717, 1.165) is 18.8 Å². The number of carboxylic acid groups (broad SMARTS) is 1. The van der Waals surface area contributed by atoms with E-state index in [-0.39, 0.29) is 10.6 Å². The van der Waals surface area contributed by atoms with Crippen molar-refractivity contribution in [1.82, 2.24) is 9.97 Å². The van der Waals surface area contributed by atoms with Gasteiger partial charge in [0.1, 0.15) is 10.6 Å². The number of hydrogen-bond donors (Lipinski definition) is 2.